The zero-order chi connectivity index (χ0) is 52.0. The molecule has 0 saturated carbocycles. The van der Waals surface area contributed by atoms with E-state index in [1.165, 1.54) is 231 Å². The number of allylic oxidation sites excluding steroid dienone is 5. The van der Waals surface area contributed by atoms with E-state index >= 15 is 0 Å². The highest BCUT2D eigenvalue weighted by Crippen LogP contribution is 2.43. The molecule has 0 aliphatic rings. The number of likely N-dealkylation sites (N-methyl/N-ethyl adjacent to an activating group) is 1. The summed E-state index contributed by atoms with van der Waals surface area (Å²) in [5, 5.41) is 13.9. The summed E-state index contributed by atoms with van der Waals surface area (Å²) in [6.45, 7) is 4.82. The molecule has 0 aromatic rings. The van der Waals surface area contributed by atoms with Crippen molar-refractivity contribution in [1.82, 2.24) is 5.32 Å². The van der Waals surface area contributed by atoms with Crippen LogP contribution in [0.3, 0.4) is 0 Å². The van der Waals surface area contributed by atoms with E-state index < -0.39 is 20.0 Å². The van der Waals surface area contributed by atoms with Crippen LogP contribution in [-0.2, 0) is 18.4 Å². The Bertz CT molecular complexity index is 1250. The number of quaternary nitrogens is 1. The summed E-state index contributed by atoms with van der Waals surface area (Å²) in [7, 11) is 1.57. The number of nitrogens with one attached hydrogen (secondary N) is 1. The molecule has 71 heavy (non-hydrogen) atoms. The van der Waals surface area contributed by atoms with Crippen LogP contribution in [0.25, 0.3) is 0 Å². The van der Waals surface area contributed by atoms with Crippen LogP contribution < -0.4 is 5.32 Å². The fourth-order valence-electron chi connectivity index (χ4n) is 9.25. The van der Waals surface area contributed by atoms with Gasteiger partial charge in [-0.2, -0.15) is 0 Å². The van der Waals surface area contributed by atoms with Gasteiger partial charge < -0.3 is 19.8 Å². The summed E-state index contributed by atoms with van der Waals surface area (Å²) in [6.07, 6.45) is 69.8. The van der Waals surface area contributed by atoms with Gasteiger partial charge in [0, 0.05) is 6.42 Å². The molecular weight excluding hydrogens is 900 g/mol. The van der Waals surface area contributed by atoms with Gasteiger partial charge >= 0.3 is 7.82 Å². The van der Waals surface area contributed by atoms with Gasteiger partial charge in [0.15, 0.2) is 0 Å². The lowest BCUT2D eigenvalue weighted by Gasteiger charge is -2.25. The first-order chi connectivity index (χ1) is 34.5. The van der Waals surface area contributed by atoms with Crippen molar-refractivity contribution in [3.05, 3.63) is 36.5 Å². The second-order valence-electron chi connectivity index (χ2n) is 22.4. The molecule has 1 amide bonds. The minimum atomic E-state index is -4.35. The fraction of sp³-hybridized carbons (Fsp3) is 0.887. The average Bonchev–Trinajstić information content (AvgIpc) is 3.33. The van der Waals surface area contributed by atoms with E-state index in [1.807, 2.05) is 27.2 Å². The standard InChI is InChI=1S/C62H121N2O6P/c1-6-8-10-12-14-16-18-20-22-24-25-26-27-28-29-30-31-32-33-34-35-36-37-38-40-41-43-45-47-49-51-53-55-61(65)60(59-70-71(67,68)69-58-57-64(3,4)5)63-62(66)56-54-52-50-48-46-44-42-39-23-21-19-17-15-13-11-9-7-2/h15,17,21,23,53,55,60-61,65H,6-14,16,18-20,22,24-52,54,56-59H2,1-5H3,(H-,63,66,67,68)/p+1/b17-15-,23-21-,55-53+. The van der Waals surface area contributed by atoms with E-state index in [0.29, 0.717) is 17.4 Å². The summed E-state index contributed by atoms with van der Waals surface area (Å²) in [6, 6.07) is -0.851. The maximum atomic E-state index is 13.0. The molecule has 0 radical (unpaired) electrons. The van der Waals surface area contributed by atoms with E-state index in [9.17, 15) is 19.4 Å². The molecule has 3 unspecified atom stereocenters. The molecule has 0 aliphatic heterocycles. The van der Waals surface area contributed by atoms with Crippen LogP contribution in [0.15, 0.2) is 36.5 Å². The summed E-state index contributed by atoms with van der Waals surface area (Å²) < 4.78 is 23.7. The topological polar surface area (TPSA) is 105 Å². The first kappa shape index (κ1) is 69.7. The number of phosphoric ester groups is 1. The lowest BCUT2D eigenvalue weighted by atomic mass is 10.0. The van der Waals surface area contributed by atoms with E-state index in [4.69, 9.17) is 9.05 Å². The quantitative estimate of drug-likeness (QED) is 0.0243. The monoisotopic (exact) mass is 1020 g/mol. The number of amides is 1. The van der Waals surface area contributed by atoms with Crippen LogP contribution >= 0.6 is 7.82 Å². The lowest BCUT2D eigenvalue weighted by Crippen LogP contribution is -2.45. The van der Waals surface area contributed by atoms with Gasteiger partial charge in [0.25, 0.3) is 0 Å². The Morgan fingerprint density at radius 1 is 0.479 bits per heavy atom. The Morgan fingerprint density at radius 2 is 0.803 bits per heavy atom. The third-order valence-electron chi connectivity index (χ3n) is 14.1. The normalized spacial score (nSPS) is 14.1. The van der Waals surface area contributed by atoms with Gasteiger partial charge in [-0.05, 0) is 51.4 Å². The second kappa shape index (κ2) is 53.5. The molecule has 0 bridgehead atoms. The molecular formula is C62H122N2O6P+. The molecule has 0 aromatic heterocycles. The van der Waals surface area contributed by atoms with Gasteiger partial charge in [0.05, 0.1) is 39.9 Å². The number of phosphoric acid groups is 1. The first-order valence-corrected chi connectivity index (χ1v) is 32.4. The summed E-state index contributed by atoms with van der Waals surface area (Å²) in [5.74, 6) is -0.182. The average molecular weight is 1020 g/mol. The molecule has 0 saturated heterocycles. The SMILES string of the molecule is CCCCC/C=C\C/C=C\CCCCCCCCCC(=O)NC(COP(=O)(O)OCC[N+](C)(C)C)C(O)/C=C/CCCCCCCCCCCCCCCCCCCCCCCCCCCCCCCC. The molecule has 3 N–H and O–H groups in total. The number of hydrogen-bond acceptors (Lipinski definition) is 5. The number of carbonyl (C=O) groups excluding carboxylic acids is 1. The van der Waals surface area contributed by atoms with Crippen molar-refractivity contribution in [2.75, 3.05) is 40.9 Å². The van der Waals surface area contributed by atoms with Crippen LogP contribution in [-0.4, -0.2) is 73.4 Å². The minimum absolute atomic E-state index is 0.0602. The van der Waals surface area contributed by atoms with Crippen molar-refractivity contribution in [3.63, 3.8) is 0 Å². The zero-order valence-corrected chi connectivity index (χ0v) is 48.9. The zero-order valence-electron chi connectivity index (χ0n) is 48.0. The maximum Gasteiger partial charge on any atom is 0.472 e. The van der Waals surface area contributed by atoms with E-state index in [2.05, 4.69) is 43.5 Å². The Hall–Kier alpha value is -1.28. The number of rotatable bonds is 57. The molecule has 9 heteroatoms. The molecule has 420 valence electrons. The maximum absolute atomic E-state index is 13.0. The number of carbonyl (C=O) groups is 1. The van der Waals surface area contributed by atoms with Crippen LogP contribution in [0.1, 0.15) is 303 Å². The summed E-state index contributed by atoms with van der Waals surface area (Å²) in [4.78, 5) is 23.3. The molecule has 3 atom stereocenters. The number of aliphatic hydroxyl groups is 1. The van der Waals surface area contributed by atoms with Gasteiger partial charge in [-0.3, -0.25) is 13.8 Å². The molecule has 0 heterocycles. The summed E-state index contributed by atoms with van der Waals surface area (Å²) >= 11 is 0. The second-order valence-corrected chi connectivity index (χ2v) is 23.9. The summed E-state index contributed by atoms with van der Waals surface area (Å²) in [5.41, 5.74) is 0. The van der Waals surface area contributed by atoms with Crippen LogP contribution in [0.4, 0.5) is 0 Å². The Balaban J connectivity index is 4.07. The van der Waals surface area contributed by atoms with Crippen molar-refractivity contribution in [2.45, 2.75) is 315 Å². The molecule has 0 aromatic carbocycles. The lowest BCUT2D eigenvalue weighted by molar-refractivity contribution is -0.870. The van der Waals surface area contributed by atoms with Crippen molar-refractivity contribution in [2.24, 2.45) is 0 Å². The van der Waals surface area contributed by atoms with Gasteiger partial charge in [0.2, 0.25) is 5.91 Å². The van der Waals surface area contributed by atoms with Gasteiger partial charge in [0.1, 0.15) is 13.2 Å². The molecule has 0 rings (SSSR count). The van der Waals surface area contributed by atoms with Crippen molar-refractivity contribution < 1.29 is 32.9 Å². The molecule has 0 spiro atoms. The molecule has 0 aliphatic carbocycles. The Labute approximate surface area is 442 Å². The van der Waals surface area contributed by atoms with E-state index in [1.54, 1.807) is 6.08 Å². The van der Waals surface area contributed by atoms with Gasteiger partial charge in [-0.25, -0.2) is 4.57 Å². The van der Waals surface area contributed by atoms with Crippen molar-refractivity contribution in [1.29, 1.82) is 0 Å². The van der Waals surface area contributed by atoms with E-state index in [0.717, 1.165) is 51.4 Å². The predicted molar refractivity (Wildman–Crippen MR) is 309 cm³/mol. The smallest absolute Gasteiger partial charge is 0.387 e. The highest BCUT2D eigenvalue weighted by atomic mass is 31.2. The number of aliphatic hydroxyl groups excluding tert-OH is 1. The Kier molecular flexibility index (Phi) is 52.6. The third kappa shape index (κ3) is 56.3. The number of unbranched alkanes of at least 4 members (excludes halogenated alkanes) is 40. The van der Waals surface area contributed by atoms with Crippen LogP contribution in [0.5, 0.6) is 0 Å². The van der Waals surface area contributed by atoms with Crippen molar-refractivity contribution in [3.8, 4) is 0 Å². The fourth-order valence-corrected chi connectivity index (χ4v) is 9.99. The van der Waals surface area contributed by atoms with Crippen LogP contribution in [0, 0.1) is 0 Å². The third-order valence-corrected chi connectivity index (χ3v) is 15.1. The van der Waals surface area contributed by atoms with E-state index in [-0.39, 0.29) is 19.1 Å². The molecule has 8 nitrogen and oxygen atoms in total. The highest BCUT2D eigenvalue weighted by Gasteiger charge is 2.27. The number of nitrogens with zero attached hydrogens (tertiary/aromatic N) is 1. The largest absolute Gasteiger partial charge is 0.472 e. The Morgan fingerprint density at radius 3 is 1.18 bits per heavy atom. The van der Waals surface area contributed by atoms with Crippen LogP contribution in [0.2, 0.25) is 0 Å². The predicted octanol–water partition coefficient (Wildman–Crippen LogP) is 18.9. The van der Waals surface area contributed by atoms with Crippen molar-refractivity contribution >= 4 is 13.7 Å². The number of hydrogen-bond donors (Lipinski definition) is 3. The van der Waals surface area contributed by atoms with Gasteiger partial charge in [-0.15, -0.1) is 0 Å². The molecule has 0 fully saturated rings. The first-order valence-electron chi connectivity index (χ1n) is 30.9. The highest BCUT2D eigenvalue weighted by molar-refractivity contribution is 7.47. The van der Waals surface area contributed by atoms with Gasteiger partial charge in [-0.1, -0.05) is 281 Å². The minimum Gasteiger partial charge on any atom is -0.387 e.